The van der Waals surface area contributed by atoms with Crippen LogP contribution in [0, 0.1) is 48.9 Å². The summed E-state index contributed by atoms with van der Waals surface area (Å²) in [5, 5.41) is 8.98. The van der Waals surface area contributed by atoms with Crippen LogP contribution in [0.25, 0.3) is 0 Å². The fourth-order valence-electron chi connectivity index (χ4n) is 1.90. The van der Waals surface area contributed by atoms with Crippen molar-refractivity contribution >= 4 is 0 Å². The van der Waals surface area contributed by atoms with Gasteiger partial charge in [0.05, 0.1) is 5.56 Å². The van der Waals surface area contributed by atoms with E-state index in [0.717, 1.165) is 11.1 Å². The van der Waals surface area contributed by atoms with Crippen LogP contribution in [0.5, 0.6) is 0 Å². The van der Waals surface area contributed by atoms with Crippen molar-refractivity contribution in [2.24, 2.45) is 0 Å². The van der Waals surface area contributed by atoms with Crippen molar-refractivity contribution in [1.82, 2.24) is 0 Å². The smallest absolute Gasteiger partial charge is 0.100 e. The predicted octanol–water partition coefficient (Wildman–Crippen LogP) is 4.13. The third-order valence-electron chi connectivity index (χ3n) is 3.32. The van der Waals surface area contributed by atoms with E-state index in [1.165, 1.54) is 11.1 Å². The first-order chi connectivity index (χ1) is 10.7. The zero-order valence-corrected chi connectivity index (χ0v) is 12.6. The van der Waals surface area contributed by atoms with Crippen LogP contribution in [-0.2, 0) is 0 Å². The second-order valence-electron chi connectivity index (χ2n) is 4.78. The van der Waals surface area contributed by atoms with Crippen LogP contribution < -0.4 is 0 Å². The fraction of sp³-hybridized carbons (Fsp3) is 0.0952. The molecule has 0 radical (unpaired) electrons. The van der Waals surface area contributed by atoms with Gasteiger partial charge in [-0.1, -0.05) is 47.9 Å². The van der Waals surface area contributed by atoms with Crippen LogP contribution in [0.1, 0.15) is 27.8 Å². The molecule has 2 aromatic rings. The van der Waals surface area contributed by atoms with E-state index < -0.39 is 0 Å². The van der Waals surface area contributed by atoms with Crippen molar-refractivity contribution in [3.63, 3.8) is 0 Å². The van der Waals surface area contributed by atoms with Crippen molar-refractivity contribution in [3.8, 4) is 29.8 Å². The summed E-state index contributed by atoms with van der Waals surface area (Å²) in [6.07, 6.45) is 3.43. The average Bonchev–Trinajstić information content (AvgIpc) is 2.55. The number of nitriles is 1. The maximum absolute atomic E-state index is 8.98. The van der Waals surface area contributed by atoms with Gasteiger partial charge in [-0.25, -0.2) is 0 Å². The van der Waals surface area contributed by atoms with Crippen molar-refractivity contribution in [1.29, 1.82) is 5.26 Å². The Kier molecular flexibility index (Phi) is 5.20. The molecule has 0 saturated heterocycles. The highest BCUT2D eigenvalue weighted by Gasteiger charge is 1.95. The summed E-state index contributed by atoms with van der Waals surface area (Å²) in [6, 6.07) is 15.5. The monoisotopic (exact) mass is 281 g/mol. The number of hydrogen-bond donors (Lipinski definition) is 0. The van der Waals surface area contributed by atoms with E-state index in [1.807, 2.05) is 30.3 Å². The summed E-state index contributed by atoms with van der Waals surface area (Å²) in [7, 11) is 0. The molecule has 0 atom stereocenters. The summed E-state index contributed by atoms with van der Waals surface area (Å²) in [6.45, 7) is 4.15. The van der Waals surface area contributed by atoms with E-state index in [4.69, 9.17) is 5.26 Å². The Hall–Kier alpha value is -3.21. The molecule has 0 spiro atoms. The molecule has 0 heterocycles. The van der Waals surface area contributed by atoms with Gasteiger partial charge in [0.15, 0.2) is 0 Å². The Morgan fingerprint density at radius 3 is 2.05 bits per heavy atom. The number of allylic oxidation sites excluding steroid dienone is 2. The van der Waals surface area contributed by atoms with Crippen LogP contribution in [0.3, 0.4) is 0 Å². The molecule has 0 bridgehead atoms. The molecule has 0 fully saturated rings. The lowest BCUT2D eigenvalue weighted by Crippen LogP contribution is -1.85. The highest BCUT2D eigenvalue weighted by Crippen LogP contribution is 2.10. The topological polar surface area (TPSA) is 23.8 Å². The summed E-state index contributed by atoms with van der Waals surface area (Å²) in [5.74, 6) is 12.0. The van der Waals surface area contributed by atoms with Gasteiger partial charge in [-0.3, -0.25) is 0 Å². The van der Waals surface area contributed by atoms with E-state index in [1.54, 1.807) is 18.2 Å². The van der Waals surface area contributed by atoms with E-state index in [9.17, 15) is 0 Å². The van der Waals surface area contributed by atoms with Crippen molar-refractivity contribution < 1.29 is 0 Å². The molecule has 2 rings (SSSR count). The van der Waals surface area contributed by atoms with Gasteiger partial charge in [0.25, 0.3) is 0 Å². The van der Waals surface area contributed by atoms with Gasteiger partial charge in [0, 0.05) is 11.1 Å². The molecule has 0 N–H and O–H groups in total. The van der Waals surface area contributed by atoms with Gasteiger partial charge >= 0.3 is 0 Å². The van der Waals surface area contributed by atoms with Crippen LogP contribution >= 0.6 is 0 Å². The molecule has 0 aliphatic carbocycles. The quantitative estimate of drug-likeness (QED) is 0.666. The lowest BCUT2D eigenvalue weighted by molar-refractivity contribution is 1.32. The Morgan fingerprint density at radius 1 is 0.773 bits per heavy atom. The first-order valence-electron chi connectivity index (χ1n) is 6.96. The van der Waals surface area contributed by atoms with Crippen LogP contribution in [-0.4, -0.2) is 0 Å². The van der Waals surface area contributed by atoms with E-state index in [2.05, 4.69) is 49.7 Å². The van der Waals surface area contributed by atoms with Crippen LogP contribution in [0.4, 0.5) is 0 Å². The van der Waals surface area contributed by atoms with E-state index in [-0.39, 0.29) is 0 Å². The van der Waals surface area contributed by atoms with Gasteiger partial charge in [0.1, 0.15) is 6.07 Å². The number of rotatable bonds is 0. The Balaban J connectivity index is 2.10. The highest BCUT2D eigenvalue weighted by molar-refractivity contribution is 5.49. The van der Waals surface area contributed by atoms with Crippen molar-refractivity contribution in [3.05, 3.63) is 82.4 Å². The standard InChI is InChI=1S/C21H15N/c1-17-10-9-15-19(18(17)2)11-5-3-4-6-12-20-13-7-8-14-21(20)16-22/h3-4,7-10,13-15H,1-2H3/b4-3-. The third-order valence-corrected chi connectivity index (χ3v) is 3.32. The SMILES string of the molecule is Cc1cccc(C#C/C=C\C#Cc2ccccc2C#N)c1C. The van der Waals surface area contributed by atoms with Gasteiger partial charge < -0.3 is 0 Å². The molecule has 2 aromatic carbocycles. The fourth-order valence-corrected chi connectivity index (χ4v) is 1.90. The first-order valence-corrected chi connectivity index (χ1v) is 6.96. The maximum atomic E-state index is 8.98. The molecular formula is C21H15N. The normalized spacial score (nSPS) is 9.32. The number of hydrogen-bond acceptors (Lipinski definition) is 1. The van der Waals surface area contributed by atoms with Crippen molar-refractivity contribution in [2.75, 3.05) is 0 Å². The van der Waals surface area contributed by atoms with Crippen LogP contribution in [0.2, 0.25) is 0 Å². The molecule has 22 heavy (non-hydrogen) atoms. The van der Waals surface area contributed by atoms with Gasteiger partial charge in [-0.2, -0.15) is 5.26 Å². The maximum Gasteiger partial charge on any atom is 0.100 e. The number of nitrogens with zero attached hydrogens (tertiary/aromatic N) is 1. The van der Waals surface area contributed by atoms with Crippen LogP contribution in [0.15, 0.2) is 54.6 Å². The van der Waals surface area contributed by atoms with Gasteiger partial charge in [-0.15, -0.1) is 0 Å². The zero-order valence-electron chi connectivity index (χ0n) is 12.6. The predicted molar refractivity (Wildman–Crippen MR) is 90.0 cm³/mol. The largest absolute Gasteiger partial charge is 0.192 e. The van der Waals surface area contributed by atoms with Gasteiger partial charge in [0.2, 0.25) is 0 Å². The molecule has 0 amide bonds. The molecular weight excluding hydrogens is 266 g/mol. The molecule has 104 valence electrons. The lowest BCUT2D eigenvalue weighted by Gasteiger charge is -2.00. The number of benzene rings is 2. The molecule has 1 heteroatoms. The highest BCUT2D eigenvalue weighted by atomic mass is 14.2. The molecule has 1 nitrogen and oxygen atoms in total. The van der Waals surface area contributed by atoms with E-state index >= 15 is 0 Å². The minimum Gasteiger partial charge on any atom is -0.192 e. The molecule has 0 aliphatic heterocycles. The summed E-state index contributed by atoms with van der Waals surface area (Å²) >= 11 is 0. The Labute approximate surface area is 131 Å². The molecule has 0 aliphatic rings. The minimum atomic E-state index is 0.588. The zero-order chi connectivity index (χ0) is 15.8. The van der Waals surface area contributed by atoms with E-state index in [0.29, 0.717) is 5.56 Å². The summed E-state index contributed by atoms with van der Waals surface area (Å²) in [4.78, 5) is 0. The Bertz CT molecular complexity index is 872. The molecule has 0 unspecified atom stereocenters. The second kappa shape index (κ2) is 7.54. The number of aryl methyl sites for hydroxylation is 1. The van der Waals surface area contributed by atoms with Gasteiger partial charge in [-0.05, 0) is 55.3 Å². The molecule has 0 aromatic heterocycles. The third kappa shape index (κ3) is 3.89. The molecule has 0 saturated carbocycles. The lowest BCUT2D eigenvalue weighted by atomic mass is 10.0. The second-order valence-corrected chi connectivity index (χ2v) is 4.78. The first kappa shape index (κ1) is 15.2. The average molecular weight is 281 g/mol. The Morgan fingerprint density at radius 2 is 1.36 bits per heavy atom. The van der Waals surface area contributed by atoms with Crippen molar-refractivity contribution in [2.45, 2.75) is 13.8 Å². The minimum absolute atomic E-state index is 0.588. The summed E-state index contributed by atoms with van der Waals surface area (Å²) < 4.78 is 0. The summed E-state index contributed by atoms with van der Waals surface area (Å²) in [5.41, 5.74) is 4.80.